The lowest BCUT2D eigenvalue weighted by Gasteiger charge is -2.23. The minimum Gasteiger partial charge on any atom is -0.370 e. The van der Waals surface area contributed by atoms with Crippen molar-refractivity contribution in [1.29, 1.82) is 0 Å². The zero-order chi connectivity index (χ0) is 16.5. The summed E-state index contributed by atoms with van der Waals surface area (Å²) >= 11 is 17.0. The number of hydrogen-bond acceptors (Lipinski definition) is 3. The molecule has 23 heavy (non-hydrogen) atoms. The van der Waals surface area contributed by atoms with Gasteiger partial charge < -0.3 is 15.0 Å². The second-order valence-electron chi connectivity index (χ2n) is 5.27. The van der Waals surface area contributed by atoms with Crippen LogP contribution in [-0.4, -0.2) is 50.7 Å². The van der Waals surface area contributed by atoms with E-state index in [4.69, 9.17) is 40.2 Å². The largest absolute Gasteiger partial charge is 0.370 e. The molecule has 1 saturated heterocycles. The van der Waals surface area contributed by atoms with Gasteiger partial charge in [0.15, 0.2) is 5.11 Å². The summed E-state index contributed by atoms with van der Waals surface area (Å²) in [7, 11) is 0. The number of hydrogen-bond donors (Lipinski definition) is 3. The third-order valence-corrected chi connectivity index (χ3v) is 4.49. The van der Waals surface area contributed by atoms with Crippen LogP contribution in [0.5, 0.6) is 0 Å². The van der Waals surface area contributed by atoms with Crippen LogP contribution >= 0.6 is 35.4 Å². The minimum absolute atomic E-state index is 0.502. The van der Waals surface area contributed by atoms with E-state index in [0.29, 0.717) is 15.2 Å². The Morgan fingerprint density at radius 2 is 2.09 bits per heavy atom. The van der Waals surface area contributed by atoms with Crippen LogP contribution in [0, 0.1) is 0 Å². The molecule has 2 rings (SSSR count). The van der Waals surface area contributed by atoms with Gasteiger partial charge in [-0.25, -0.2) is 0 Å². The first-order valence-corrected chi connectivity index (χ1v) is 8.75. The Hall–Kier alpha value is -0.920. The van der Waals surface area contributed by atoms with Crippen molar-refractivity contribution < 1.29 is 9.64 Å². The topological polar surface area (TPSA) is 50.1 Å². The average molecular weight is 376 g/mol. The molecule has 1 aliphatic rings. The molecule has 0 saturated carbocycles. The number of halogens is 2. The summed E-state index contributed by atoms with van der Waals surface area (Å²) in [5.41, 5.74) is 3.64. The van der Waals surface area contributed by atoms with Crippen LogP contribution in [0.25, 0.3) is 0 Å². The Balaban J connectivity index is 1.60. The summed E-state index contributed by atoms with van der Waals surface area (Å²) < 4.78 is 5.34. The maximum absolute atomic E-state index is 5.94. The number of nitrogens with one attached hydrogen (secondary N) is 3. The molecule has 0 bridgehead atoms. The summed E-state index contributed by atoms with van der Waals surface area (Å²) in [4.78, 5) is 1.59. The molecular weight excluding hydrogens is 355 g/mol. The highest BCUT2D eigenvalue weighted by molar-refractivity contribution is 7.80. The van der Waals surface area contributed by atoms with Crippen LogP contribution in [0.1, 0.15) is 12.0 Å². The monoisotopic (exact) mass is 375 g/mol. The predicted molar refractivity (Wildman–Crippen MR) is 98.8 cm³/mol. The third kappa shape index (κ3) is 7.01. The van der Waals surface area contributed by atoms with E-state index in [9.17, 15) is 0 Å². The van der Waals surface area contributed by atoms with Crippen LogP contribution in [0.15, 0.2) is 23.3 Å². The van der Waals surface area contributed by atoms with Gasteiger partial charge in [-0.15, -0.1) is 0 Å². The van der Waals surface area contributed by atoms with Crippen molar-refractivity contribution in [2.45, 2.75) is 6.42 Å². The lowest BCUT2D eigenvalue weighted by molar-refractivity contribution is -0.908. The predicted octanol–water partition coefficient (Wildman–Crippen LogP) is 1.10. The highest BCUT2D eigenvalue weighted by Crippen LogP contribution is 2.21. The second-order valence-corrected chi connectivity index (χ2v) is 6.49. The summed E-state index contributed by atoms with van der Waals surface area (Å²) in [5, 5.41) is 8.76. The number of morpholine rings is 1. The number of ether oxygens (including phenoxy) is 1. The third-order valence-electron chi connectivity index (χ3n) is 3.52. The molecule has 0 aliphatic carbocycles. The number of thiocarbonyl (C=S) groups is 1. The standard InChI is InChI=1S/C15H20Cl2N4OS/c16-13-3-2-12(10-14(13)17)11-19-20-15(23)18-4-1-5-21-6-8-22-9-7-21/h2-3,10-11H,1,4-9H2,(H2,18,20,23)/p+1/b19-11-. The fourth-order valence-corrected chi connectivity index (χ4v) is 2.71. The number of nitrogens with zero attached hydrogens (tertiary/aromatic N) is 1. The lowest BCUT2D eigenvalue weighted by atomic mass is 10.2. The van der Waals surface area contributed by atoms with Crippen molar-refractivity contribution in [3.63, 3.8) is 0 Å². The van der Waals surface area contributed by atoms with Gasteiger partial charge in [0.1, 0.15) is 13.1 Å². The molecular formula is C15H21Cl2N4OS+. The van der Waals surface area contributed by atoms with Crippen LogP contribution in [0.2, 0.25) is 10.0 Å². The Bertz CT molecular complexity index is 550. The van der Waals surface area contributed by atoms with E-state index in [0.717, 1.165) is 51.4 Å². The minimum atomic E-state index is 0.502. The van der Waals surface area contributed by atoms with Crippen molar-refractivity contribution in [3.05, 3.63) is 33.8 Å². The molecule has 0 aromatic heterocycles. The van der Waals surface area contributed by atoms with Crippen molar-refractivity contribution >= 4 is 46.7 Å². The molecule has 1 heterocycles. The van der Waals surface area contributed by atoms with Gasteiger partial charge >= 0.3 is 0 Å². The van der Waals surface area contributed by atoms with Gasteiger partial charge in [-0.3, -0.25) is 5.43 Å². The Labute approximate surface area is 152 Å². The molecule has 0 spiro atoms. The van der Waals surface area contributed by atoms with Gasteiger partial charge in [0, 0.05) is 13.0 Å². The fraction of sp³-hybridized carbons (Fsp3) is 0.467. The van der Waals surface area contributed by atoms with E-state index < -0.39 is 0 Å². The van der Waals surface area contributed by atoms with Gasteiger partial charge in [0.05, 0.1) is 36.0 Å². The molecule has 1 fully saturated rings. The second kappa shape index (κ2) is 10.1. The van der Waals surface area contributed by atoms with Gasteiger partial charge in [0.25, 0.3) is 0 Å². The van der Waals surface area contributed by atoms with E-state index in [2.05, 4.69) is 15.8 Å². The maximum atomic E-state index is 5.94. The zero-order valence-electron chi connectivity index (χ0n) is 12.8. The van der Waals surface area contributed by atoms with E-state index in [1.165, 1.54) is 0 Å². The van der Waals surface area contributed by atoms with Crippen LogP contribution in [-0.2, 0) is 4.74 Å². The summed E-state index contributed by atoms with van der Waals surface area (Å²) in [5.74, 6) is 0. The first-order valence-electron chi connectivity index (χ1n) is 7.58. The molecule has 126 valence electrons. The lowest BCUT2D eigenvalue weighted by Crippen LogP contribution is -3.14. The first-order chi connectivity index (χ1) is 11.1. The molecule has 1 aromatic rings. The molecule has 0 radical (unpaired) electrons. The van der Waals surface area contributed by atoms with Crippen molar-refractivity contribution in [3.8, 4) is 0 Å². The van der Waals surface area contributed by atoms with Gasteiger partial charge in [-0.2, -0.15) is 5.10 Å². The molecule has 8 heteroatoms. The molecule has 3 N–H and O–H groups in total. The van der Waals surface area contributed by atoms with Crippen molar-refractivity contribution in [2.24, 2.45) is 5.10 Å². The van der Waals surface area contributed by atoms with Crippen LogP contribution in [0.3, 0.4) is 0 Å². The van der Waals surface area contributed by atoms with E-state index in [-0.39, 0.29) is 0 Å². The van der Waals surface area contributed by atoms with Crippen molar-refractivity contribution in [2.75, 3.05) is 39.4 Å². The van der Waals surface area contributed by atoms with Crippen LogP contribution < -0.4 is 15.6 Å². The first kappa shape index (κ1) is 18.4. The van der Waals surface area contributed by atoms with Crippen molar-refractivity contribution in [1.82, 2.24) is 10.7 Å². The number of rotatable bonds is 6. The summed E-state index contributed by atoms with van der Waals surface area (Å²) in [6.07, 6.45) is 2.71. The molecule has 1 aliphatic heterocycles. The Morgan fingerprint density at radius 3 is 2.83 bits per heavy atom. The molecule has 0 unspecified atom stereocenters. The van der Waals surface area contributed by atoms with Gasteiger partial charge in [-0.05, 0) is 29.9 Å². The van der Waals surface area contributed by atoms with Gasteiger partial charge in [0.2, 0.25) is 0 Å². The number of quaternary nitrogens is 1. The maximum Gasteiger partial charge on any atom is 0.186 e. The normalized spacial score (nSPS) is 15.7. The highest BCUT2D eigenvalue weighted by Gasteiger charge is 2.12. The van der Waals surface area contributed by atoms with E-state index >= 15 is 0 Å². The Kier molecular flexibility index (Phi) is 8.05. The van der Waals surface area contributed by atoms with Gasteiger partial charge in [-0.1, -0.05) is 29.3 Å². The smallest absolute Gasteiger partial charge is 0.186 e. The number of benzene rings is 1. The van der Waals surface area contributed by atoms with E-state index in [1.807, 2.05) is 6.07 Å². The molecule has 0 atom stereocenters. The zero-order valence-corrected chi connectivity index (χ0v) is 15.1. The fourth-order valence-electron chi connectivity index (χ4n) is 2.25. The quantitative estimate of drug-likeness (QED) is 0.301. The SMILES string of the molecule is S=C(NCCC[NH+]1CCOCC1)N/N=C\c1ccc(Cl)c(Cl)c1. The average Bonchev–Trinajstić information content (AvgIpc) is 2.56. The molecule has 5 nitrogen and oxygen atoms in total. The summed E-state index contributed by atoms with van der Waals surface area (Å²) in [6, 6.07) is 5.31. The number of hydrazone groups is 1. The van der Waals surface area contributed by atoms with E-state index in [1.54, 1.807) is 23.2 Å². The molecule has 0 amide bonds. The molecule has 1 aromatic carbocycles. The van der Waals surface area contributed by atoms with Crippen LogP contribution in [0.4, 0.5) is 0 Å². The summed E-state index contributed by atoms with van der Waals surface area (Å²) in [6.45, 7) is 5.88. The Morgan fingerprint density at radius 1 is 1.30 bits per heavy atom. The highest BCUT2D eigenvalue weighted by atomic mass is 35.5.